The molecule has 0 saturated carbocycles. The normalized spacial score (nSPS) is 12.8. The molecule has 0 spiro atoms. The third kappa shape index (κ3) is 3.70. The topological polar surface area (TPSA) is 71.2 Å². The van der Waals surface area contributed by atoms with Crippen LogP contribution in [0, 0.1) is 5.92 Å². The molecular weight excluding hydrogens is 202 g/mol. The predicted octanol–water partition coefficient (Wildman–Crippen LogP) is 1.87. The molecule has 1 aromatic heterocycles. The van der Waals surface area contributed by atoms with Gasteiger partial charge in [-0.15, -0.1) is 0 Å². The van der Waals surface area contributed by atoms with Gasteiger partial charge in [0.2, 0.25) is 0 Å². The summed E-state index contributed by atoms with van der Waals surface area (Å²) in [5, 5.41) is 13.1. The lowest BCUT2D eigenvalue weighted by Crippen LogP contribution is -2.27. The first-order chi connectivity index (χ1) is 7.67. The highest BCUT2D eigenvalue weighted by Gasteiger charge is 2.14. The van der Waals surface area contributed by atoms with Crippen LogP contribution in [0.5, 0.6) is 0 Å². The van der Waals surface area contributed by atoms with Crippen LogP contribution in [0.2, 0.25) is 0 Å². The summed E-state index contributed by atoms with van der Waals surface area (Å²) >= 11 is 0. The van der Waals surface area contributed by atoms with Gasteiger partial charge in [-0.25, -0.2) is 0 Å². The molecule has 4 N–H and O–H groups in total. The van der Waals surface area contributed by atoms with Crippen LogP contribution in [-0.2, 0) is 0 Å². The second-order valence-corrected chi connectivity index (χ2v) is 4.03. The van der Waals surface area contributed by atoms with Gasteiger partial charge in [-0.3, -0.25) is 4.98 Å². The summed E-state index contributed by atoms with van der Waals surface area (Å²) < 4.78 is 0. The smallest absolute Gasteiger partial charge is 0.0740 e. The molecule has 1 rings (SSSR count). The number of aliphatic hydroxyl groups excluding tert-OH is 1. The molecule has 0 aliphatic carbocycles. The molecule has 0 saturated heterocycles. The maximum atomic E-state index is 9.93. The summed E-state index contributed by atoms with van der Waals surface area (Å²) in [6.07, 6.45) is 4.97. The molecule has 4 heteroatoms. The Kier molecular flexibility index (Phi) is 5.05. The first-order valence-corrected chi connectivity index (χ1v) is 5.79. The van der Waals surface area contributed by atoms with E-state index in [0.717, 1.165) is 18.5 Å². The van der Waals surface area contributed by atoms with Crippen LogP contribution >= 0.6 is 0 Å². The Bertz CT molecular complexity index is 313. The number of rotatable bonds is 6. The van der Waals surface area contributed by atoms with Crippen molar-refractivity contribution in [3.63, 3.8) is 0 Å². The average Bonchev–Trinajstić information content (AvgIpc) is 2.28. The zero-order chi connectivity index (χ0) is 12.0. The van der Waals surface area contributed by atoms with Crippen LogP contribution < -0.4 is 11.1 Å². The van der Waals surface area contributed by atoms with Gasteiger partial charge in [-0.2, -0.15) is 0 Å². The third-order valence-corrected chi connectivity index (χ3v) is 2.87. The van der Waals surface area contributed by atoms with E-state index < -0.39 is 0 Å². The fourth-order valence-electron chi connectivity index (χ4n) is 1.78. The van der Waals surface area contributed by atoms with E-state index >= 15 is 0 Å². The highest BCUT2D eigenvalue weighted by molar-refractivity contribution is 5.51. The zero-order valence-electron chi connectivity index (χ0n) is 9.98. The highest BCUT2D eigenvalue weighted by Crippen LogP contribution is 2.15. The van der Waals surface area contributed by atoms with Gasteiger partial charge in [0.05, 0.1) is 23.7 Å². The van der Waals surface area contributed by atoms with Gasteiger partial charge < -0.3 is 16.2 Å². The van der Waals surface area contributed by atoms with Crippen LogP contribution in [0.15, 0.2) is 18.5 Å². The van der Waals surface area contributed by atoms with Gasteiger partial charge in [0.25, 0.3) is 0 Å². The Morgan fingerprint density at radius 2 is 2.06 bits per heavy atom. The first-order valence-electron chi connectivity index (χ1n) is 5.79. The Morgan fingerprint density at radius 1 is 1.38 bits per heavy atom. The van der Waals surface area contributed by atoms with Crippen molar-refractivity contribution < 1.29 is 5.11 Å². The number of nitrogens with zero attached hydrogens (tertiary/aromatic N) is 1. The first kappa shape index (κ1) is 12.8. The zero-order valence-corrected chi connectivity index (χ0v) is 9.98. The molecule has 4 nitrogen and oxygen atoms in total. The molecule has 0 bridgehead atoms. The molecule has 0 aromatic carbocycles. The van der Waals surface area contributed by atoms with Crippen molar-refractivity contribution in [3.8, 4) is 0 Å². The summed E-state index contributed by atoms with van der Waals surface area (Å²) in [7, 11) is 0. The molecule has 90 valence electrons. The number of aliphatic hydroxyl groups is 1. The van der Waals surface area contributed by atoms with Crippen molar-refractivity contribution in [1.29, 1.82) is 0 Å². The van der Waals surface area contributed by atoms with E-state index in [9.17, 15) is 5.11 Å². The summed E-state index contributed by atoms with van der Waals surface area (Å²) in [4.78, 5) is 3.98. The predicted molar refractivity (Wildman–Crippen MR) is 67.2 cm³/mol. The lowest BCUT2D eigenvalue weighted by molar-refractivity contribution is 0.114. The van der Waals surface area contributed by atoms with E-state index in [-0.39, 0.29) is 6.10 Å². The van der Waals surface area contributed by atoms with Crippen LogP contribution in [0.3, 0.4) is 0 Å². The van der Waals surface area contributed by atoms with Crippen molar-refractivity contribution >= 4 is 11.4 Å². The fourth-order valence-corrected chi connectivity index (χ4v) is 1.78. The minimum absolute atomic E-state index is 0.323. The van der Waals surface area contributed by atoms with Crippen LogP contribution in [-0.4, -0.2) is 22.7 Å². The lowest BCUT2D eigenvalue weighted by atomic mass is 9.96. The van der Waals surface area contributed by atoms with Crippen molar-refractivity contribution in [3.05, 3.63) is 18.5 Å². The minimum atomic E-state index is -0.323. The van der Waals surface area contributed by atoms with Gasteiger partial charge in [0.15, 0.2) is 0 Å². The molecule has 1 heterocycles. The van der Waals surface area contributed by atoms with Crippen LogP contribution in [0.1, 0.15) is 26.7 Å². The third-order valence-electron chi connectivity index (χ3n) is 2.87. The van der Waals surface area contributed by atoms with Crippen LogP contribution in [0.25, 0.3) is 0 Å². The number of anilines is 2. The molecule has 0 radical (unpaired) electrons. The van der Waals surface area contributed by atoms with Gasteiger partial charge in [0.1, 0.15) is 0 Å². The fraction of sp³-hybridized carbons (Fsp3) is 0.583. The number of aromatic nitrogens is 1. The minimum Gasteiger partial charge on any atom is -0.397 e. The van der Waals surface area contributed by atoms with E-state index in [4.69, 9.17) is 5.73 Å². The monoisotopic (exact) mass is 223 g/mol. The summed E-state index contributed by atoms with van der Waals surface area (Å²) in [6.45, 7) is 4.73. The molecule has 16 heavy (non-hydrogen) atoms. The quantitative estimate of drug-likeness (QED) is 0.688. The maximum absolute atomic E-state index is 9.93. The Hall–Kier alpha value is -1.29. The average molecular weight is 223 g/mol. The van der Waals surface area contributed by atoms with Gasteiger partial charge in [-0.05, 0) is 12.0 Å². The molecule has 0 amide bonds. The number of hydrogen-bond donors (Lipinski definition) is 3. The SMILES string of the molecule is CCC(CC)C(O)CNc1cncc(N)c1. The van der Waals surface area contributed by atoms with E-state index in [1.807, 2.05) is 6.07 Å². The molecule has 0 aliphatic heterocycles. The second-order valence-electron chi connectivity index (χ2n) is 4.03. The summed E-state index contributed by atoms with van der Waals surface area (Å²) in [5.74, 6) is 0.349. The van der Waals surface area contributed by atoms with E-state index in [1.165, 1.54) is 0 Å². The van der Waals surface area contributed by atoms with Gasteiger partial charge in [-0.1, -0.05) is 26.7 Å². The van der Waals surface area contributed by atoms with E-state index in [2.05, 4.69) is 24.1 Å². The summed E-state index contributed by atoms with van der Waals surface area (Å²) in [5.41, 5.74) is 7.09. The van der Waals surface area contributed by atoms with Crippen molar-refractivity contribution in [2.24, 2.45) is 5.92 Å². The molecule has 1 atom stereocenters. The Labute approximate surface area is 96.9 Å². The number of nitrogens with two attached hydrogens (primary N) is 1. The van der Waals surface area contributed by atoms with Crippen molar-refractivity contribution in [2.45, 2.75) is 32.8 Å². The largest absolute Gasteiger partial charge is 0.397 e. The molecular formula is C12H21N3O. The molecule has 0 aliphatic rings. The van der Waals surface area contributed by atoms with Gasteiger partial charge in [0, 0.05) is 12.7 Å². The van der Waals surface area contributed by atoms with Crippen molar-refractivity contribution in [2.75, 3.05) is 17.6 Å². The van der Waals surface area contributed by atoms with Crippen LogP contribution in [0.4, 0.5) is 11.4 Å². The molecule has 1 aromatic rings. The number of nitrogens with one attached hydrogen (secondary N) is 1. The van der Waals surface area contributed by atoms with Gasteiger partial charge >= 0.3 is 0 Å². The molecule has 0 fully saturated rings. The number of hydrogen-bond acceptors (Lipinski definition) is 4. The van der Waals surface area contributed by atoms with E-state index in [0.29, 0.717) is 18.2 Å². The number of nitrogen functional groups attached to an aromatic ring is 1. The summed E-state index contributed by atoms with van der Waals surface area (Å²) in [6, 6.07) is 1.81. The Balaban J connectivity index is 2.45. The second kappa shape index (κ2) is 6.33. The standard InChI is InChI=1S/C12H21N3O/c1-3-9(4-2)12(16)8-15-11-5-10(13)6-14-7-11/h5-7,9,12,15-16H,3-4,8,13H2,1-2H3. The highest BCUT2D eigenvalue weighted by atomic mass is 16.3. The van der Waals surface area contributed by atoms with Crippen molar-refractivity contribution in [1.82, 2.24) is 4.98 Å². The number of pyridine rings is 1. The maximum Gasteiger partial charge on any atom is 0.0740 e. The Morgan fingerprint density at radius 3 is 2.62 bits per heavy atom. The van der Waals surface area contributed by atoms with E-state index in [1.54, 1.807) is 12.4 Å². The molecule has 1 unspecified atom stereocenters. The lowest BCUT2D eigenvalue weighted by Gasteiger charge is -2.20.